The number of nitriles is 1. The van der Waals surface area contributed by atoms with Gasteiger partial charge in [-0.25, -0.2) is 0 Å². The molecule has 0 saturated carbocycles. The highest BCUT2D eigenvalue weighted by molar-refractivity contribution is 4.99. The molecule has 0 bridgehead atoms. The second-order valence-corrected chi connectivity index (χ2v) is 4.07. The fourth-order valence-electron chi connectivity index (χ4n) is 1.44. The molecule has 0 fully saturated rings. The molecule has 1 unspecified atom stereocenters. The molecule has 1 aromatic rings. The van der Waals surface area contributed by atoms with Crippen LogP contribution >= 0.6 is 0 Å². The van der Waals surface area contributed by atoms with E-state index in [9.17, 15) is 0 Å². The predicted molar refractivity (Wildman–Crippen MR) is 59.3 cm³/mol. The summed E-state index contributed by atoms with van der Waals surface area (Å²) in [6.45, 7) is 6.88. The summed E-state index contributed by atoms with van der Waals surface area (Å²) in [5.74, 6) is 0. The number of hydrogen-bond donors (Lipinski definition) is 1. The van der Waals surface area contributed by atoms with E-state index in [4.69, 9.17) is 5.26 Å². The fourth-order valence-corrected chi connectivity index (χ4v) is 1.44. The highest BCUT2D eigenvalue weighted by Gasteiger charge is 2.08. The zero-order chi connectivity index (χ0) is 11.3. The third-order valence-corrected chi connectivity index (χ3v) is 2.10. The molecule has 1 aromatic heterocycles. The Bertz CT molecular complexity index is 335. The minimum absolute atomic E-state index is 0.0884. The summed E-state index contributed by atoms with van der Waals surface area (Å²) in [5, 5.41) is 16.3. The third kappa shape index (κ3) is 4.13. The van der Waals surface area contributed by atoms with Crippen LogP contribution in [0.4, 0.5) is 0 Å². The van der Waals surface area contributed by atoms with Crippen molar-refractivity contribution < 1.29 is 0 Å². The van der Waals surface area contributed by atoms with Gasteiger partial charge in [-0.1, -0.05) is 0 Å². The van der Waals surface area contributed by atoms with Crippen molar-refractivity contribution in [3.05, 3.63) is 18.0 Å². The normalized spacial score (nSPS) is 12.7. The molecule has 0 aliphatic heterocycles. The van der Waals surface area contributed by atoms with E-state index in [1.54, 1.807) is 0 Å². The summed E-state index contributed by atoms with van der Waals surface area (Å²) in [5.41, 5.74) is 1.15. The number of aromatic nitrogens is 2. The molecule has 0 aromatic carbocycles. The van der Waals surface area contributed by atoms with Gasteiger partial charge in [-0.2, -0.15) is 10.4 Å². The molecule has 1 rings (SSSR count). The van der Waals surface area contributed by atoms with Crippen molar-refractivity contribution in [1.29, 1.82) is 5.26 Å². The summed E-state index contributed by atoms with van der Waals surface area (Å²) in [6, 6.07) is 2.51. The van der Waals surface area contributed by atoms with Gasteiger partial charge >= 0.3 is 0 Å². The van der Waals surface area contributed by atoms with E-state index in [1.165, 1.54) is 0 Å². The molecule has 1 heterocycles. The molecule has 0 spiro atoms. The van der Waals surface area contributed by atoms with Gasteiger partial charge in [0, 0.05) is 18.8 Å². The van der Waals surface area contributed by atoms with Gasteiger partial charge in [0.25, 0.3) is 0 Å². The summed E-state index contributed by atoms with van der Waals surface area (Å²) >= 11 is 0. The van der Waals surface area contributed by atoms with E-state index in [0.29, 0.717) is 6.04 Å². The molecule has 1 N–H and O–H groups in total. The lowest BCUT2D eigenvalue weighted by molar-refractivity contribution is 0.461. The summed E-state index contributed by atoms with van der Waals surface area (Å²) < 4.78 is 1.88. The standard InChI is InChI=1S/C11H18N4/c1-9(2)14-11(6-12)4-5-15-8-10(3)7-13-15/h7-9,11,14H,4-5H2,1-3H3. The lowest BCUT2D eigenvalue weighted by Crippen LogP contribution is -2.34. The molecule has 0 aliphatic rings. The maximum absolute atomic E-state index is 8.92. The molecule has 1 atom stereocenters. The van der Waals surface area contributed by atoms with Gasteiger partial charge in [-0.15, -0.1) is 0 Å². The van der Waals surface area contributed by atoms with Crippen LogP contribution in [0.3, 0.4) is 0 Å². The Morgan fingerprint density at radius 1 is 1.60 bits per heavy atom. The van der Waals surface area contributed by atoms with Gasteiger partial charge in [0.1, 0.15) is 0 Å². The van der Waals surface area contributed by atoms with Gasteiger partial charge < -0.3 is 0 Å². The maximum Gasteiger partial charge on any atom is 0.0972 e. The molecule has 4 heteroatoms. The lowest BCUT2D eigenvalue weighted by Gasteiger charge is -2.14. The van der Waals surface area contributed by atoms with Crippen molar-refractivity contribution in [2.24, 2.45) is 0 Å². The smallest absolute Gasteiger partial charge is 0.0972 e. The van der Waals surface area contributed by atoms with Crippen molar-refractivity contribution in [3.8, 4) is 6.07 Å². The summed E-state index contributed by atoms with van der Waals surface area (Å²) in [6.07, 6.45) is 4.61. The van der Waals surface area contributed by atoms with E-state index in [0.717, 1.165) is 18.5 Å². The molecule has 0 radical (unpaired) electrons. The maximum atomic E-state index is 8.92. The van der Waals surface area contributed by atoms with Crippen molar-refractivity contribution >= 4 is 0 Å². The van der Waals surface area contributed by atoms with Crippen molar-refractivity contribution in [3.63, 3.8) is 0 Å². The average molecular weight is 206 g/mol. The highest BCUT2D eigenvalue weighted by Crippen LogP contribution is 1.99. The summed E-state index contributed by atoms with van der Waals surface area (Å²) in [7, 11) is 0. The molecule has 0 saturated heterocycles. The van der Waals surface area contributed by atoms with Crippen molar-refractivity contribution in [2.75, 3.05) is 0 Å². The average Bonchev–Trinajstić information content (AvgIpc) is 2.58. The largest absolute Gasteiger partial charge is 0.300 e. The fraction of sp³-hybridized carbons (Fsp3) is 0.636. The van der Waals surface area contributed by atoms with Gasteiger partial charge in [-0.05, 0) is 32.8 Å². The molecular formula is C11H18N4. The monoisotopic (exact) mass is 206 g/mol. The van der Waals surface area contributed by atoms with Crippen LogP contribution in [0.5, 0.6) is 0 Å². The van der Waals surface area contributed by atoms with Crippen LogP contribution in [0.15, 0.2) is 12.4 Å². The zero-order valence-electron chi connectivity index (χ0n) is 9.57. The Hall–Kier alpha value is -1.34. The van der Waals surface area contributed by atoms with E-state index in [1.807, 2.05) is 37.8 Å². The van der Waals surface area contributed by atoms with E-state index < -0.39 is 0 Å². The quantitative estimate of drug-likeness (QED) is 0.793. The van der Waals surface area contributed by atoms with E-state index in [-0.39, 0.29) is 6.04 Å². The number of nitrogens with one attached hydrogen (secondary N) is 1. The Morgan fingerprint density at radius 3 is 2.80 bits per heavy atom. The molecule has 0 aliphatic carbocycles. The first-order chi connectivity index (χ1) is 7.11. The van der Waals surface area contributed by atoms with Crippen LogP contribution in [0.1, 0.15) is 25.8 Å². The predicted octanol–water partition coefficient (Wildman–Crippen LogP) is 1.47. The second-order valence-electron chi connectivity index (χ2n) is 4.07. The topological polar surface area (TPSA) is 53.6 Å². The van der Waals surface area contributed by atoms with Gasteiger partial charge in [-0.3, -0.25) is 10.00 Å². The Labute approximate surface area is 90.9 Å². The molecule has 0 amide bonds. The molecule has 4 nitrogen and oxygen atoms in total. The zero-order valence-corrected chi connectivity index (χ0v) is 9.57. The molecule has 15 heavy (non-hydrogen) atoms. The lowest BCUT2D eigenvalue weighted by atomic mass is 10.2. The van der Waals surface area contributed by atoms with Crippen LogP contribution in [0, 0.1) is 18.3 Å². The van der Waals surface area contributed by atoms with Gasteiger partial charge in [0.05, 0.1) is 18.3 Å². The van der Waals surface area contributed by atoms with E-state index in [2.05, 4.69) is 16.5 Å². The van der Waals surface area contributed by atoms with Crippen LogP contribution in [0.2, 0.25) is 0 Å². The summed E-state index contributed by atoms with van der Waals surface area (Å²) in [4.78, 5) is 0. The SMILES string of the molecule is Cc1cnn(CCC(C#N)NC(C)C)c1. The van der Waals surface area contributed by atoms with Crippen LogP contribution in [-0.2, 0) is 6.54 Å². The number of hydrogen-bond acceptors (Lipinski definition) is 3. The minimum atomic E-state index is -0.0884. The number of rotatable bonds is 5. The highest BCUT2D eigenvalue weighted by atomic mass is 15.3. The Balaban J connectivity index is 2.38. The van der Waals surface area contributed by atoms with E-state index >= 15 is 0 Å². The first-order valence-electron chi connectivity index (χ1n) is 5.26. The van der Waals surface area contributed by atoms with Gasteiger partial charge in [0.15, 0.2) is 0 Å². The minimum Gasteiger partial charge on any atom is -0.300 e. The first kappa shape index (κ1) is 11.7. The third-order valence-electron chi connectivity index (χ3n) is 2.10. The molecular weight excluding hydrogens is 188 g/mol. The van der Waals surface area contributed by atoms with Crippen LogP contribution < -0.4 is 5.32 Å². The van der Waals surface area contributed by atoms with Gasteiger partial charge in [0.2, 0.25) is 0 Å². The van der Waals surface area contributed by atoms with Crippen molar-refractivity contribution in [2.45, 2.75) is 45.8 Å². The number of aryl methyl sites for hydroxylation is 2. The number of nitrogens with zero attached hydrogens (tertiary/aromatic N) is 3. The van der Waals surface area contributed by atoms with Crippen molar-refractivity contribution in [1.82, 2.24) is 15.1 Å². The Morgan fingerprint density at radius 2 is 2.33 bits per heavy atom. The Kier molecular flexibility index (Phi) is 4.32. The van der Waals surface area contributed by atoms with Crippen LogP contribution in [0.25, 0.3) is 0 Å². The second kappa shape index (κ2) is 5.52. The first-order valence-corrected chi connectivity index (χ1v) is 5.26. The molecule has 82 valence electrons. The van der Waals surface area contributed by atoms with Crippen LogP contribution in [-0.4, -0.2) is 21.9 Å².